The fourth-order valence-corrected chi connectivity index (χ4v) is 1.59. The summed E-state index contributed by atoms with van der Waals surface area (Å²) in [5.41, 5.74) is 0.253. The van der Waals surface area contributed by atoms with Crippen LogP contribution in [0, 0.1) is 5.92 Å². The normalized spacial score (nSPS) is 14.7. The highest BCUT2D eigenvalue weighted by molar-refractivity contribution is 4.84. The Kier molecular flexibility index (Phi) is 7.76. The maximum atomic E-state index is 3.48. The minimum absolute atomic E-state index is 0.253. The van der Waals surface area contributed by atoms with Crippen LogP contribution in [0.5, 0.6) is 0 Å². The van der Waals surface area contributed by atoms with Gasteiger partial charge >= 0.3 is 0 Å². The molecule has 15 heavy (non-hydrogen) atoms. The van der Waals surface area contributed by atoms with Crippen molar-refractivity contribution in [1.82, 2.24) is 5.32 Å². The molecule has 0 aromatic carbocycles. The van der Waals surface area contributed by atoms with Gasteiger partial charge in [-0.1, -0.05) is 38.8 Å². The molecule has 1 heteroatoms. The van der Waals surface area contributed by atoms with Crippen molar-refractivity contribution >= 4 is 0 Å². The van der Waals surface area contributed by atoms with Crippen LogP contribution in [-0.2, 0) is 0 Å². The Hall–Kier alpha value is -0.300. The van der Waals surface area contributed by atoms with E-state index in [9.17, 15) is 0 Å². The summed E-state index contributed by atoms with van der Waals surface area (Å²) in [7, 11) is 0. The van der Waals surface area contributed by atoms with Crippen molar-refractivity contribution in [1.29, 1.82) is 0 Å². The van der Waals surface area contributed by atoms with E-state index in [4.69, 9.17) is 0 Å². The number of allylic oxidation sites excluding steroid dienone is 1. The first-order valence-electron chi connectivity index (χ1n) is 6.35. The SMILES string of the molecule is CCCC(C)CC=CCCNC(C)(C)C. The van der Waals surface area contributed by atoms with E-state index < -0.39 is 0 Å². The second-order valence-electron chi connectivity index (χ2n) is 5.57. The van der Waals surface area contributed by atoms with E-state index in [2.05, 4.69) is 52.1 Å². The van der Waals surface area contributed by atoms with E-state index in [0.29, 0.717) is 0 Å². The summed E-state index contributed by atoms with van der Waals surface area (Å²) in [4.78, 5) is 0. The molecular formula is C14H29N. The first kappa shape index (κ1) is 14.7. The van der Waals surface area contributed by atoms with E-state index >= 15 is 0 Å². The molecule has 0 saturated carbocycles. The van der Waals surface area contributed by atoms with Crippen LogP contribution < -0.4 is 5.32 Å². The molecule has 1 unspecified atom stereocenters. The van der Waals surface area contributed by atoms with E-state index in [1.807, 2.05) is 0 Å². The molecule has 1 nitrogen and oxygen atoms in total. The standard InChI is InChI=1S/C14H29N/c1-6-10-13(2)11-8-7-9-12-15-14(3,4)5/h7-8,13,15H,6,9-12H2,1-5H3. The van der Waals surface area contributed by atoms with Gasteiger partial charge in [-0.15, -0.1) is 0 Å². The zero-order chi connectivity index (χ0) is 11.7. The number of hydrogen-bond acceptors (Lipinski definition) is 1. The van der Waals surface area contributed by atoms with Crippen LogP contribution in [0.25, 0.3) is 0 Å². The van der Waals surface area contributed by atoms with Gasteiger partial charge in [-0.05, 0) is 46.1 Å². The molecule has 0 aromatic heterocycles. The average molecular weight is 211 g/mol. The Morgan fingerprint density at radius 1 is 1.20 bits per heavy atom. The lowest BCUT2D eigenvalue weighted by Crippen LogP contribution is -2.36. The topological polar surface area (TPSA) is 12.0 Å². The summed E-state index contributed by atoms with van der Waals surface area (Å²) in [6.07, 6.45) is 9.69. The summed E-state index contributed by atoms with van der Waals surface area (Å²) in [6, 6.07) is 0. The van der Waals surface area contributed by atoms with E-state index in [0.717, 1.165) is 18.9 Å². The maximum Gasteiger partial charge on any atom is 0.00966 e. The highest BCUT2D eigenvalue weighted by Gasteiger charge is 2.06. The molecule has 0 aliphatic heterocycles. The van der Waals surface area contributed by atoms with Gasteiger partial charge in [0.25, 0.3) is 0 Å². The molecule has 90 valence electrons. The number of nitrogens with one attached hydrogen (secondary N) is 1. The molecule has 0 aliphatic rings. The summed E-state index contributed by atoms with van der Waals surface area (Å²) in [6.45, 7) is 12.3. The molecule has 0 heterocycles. The lowest BCUT2D eigenvalue weighted by molar-refractivity contribution is 0.431. The highest BCUT2D eigenvalue weighted by atomic mass is 14.9. The molecule has 0 saturated heterocycles. The van der Waals surface area contributed by atoms with Crippen LogP contribution in [0.4, 0.5) is 0 Å². The summed E-state index contributed by atoms with van der Waals surface area (Å²) in [5.74, 6) is 0.849. The fourth-order valence-electron chi connectivity index (χ4n) is 1.59. The second kappa shape index (κ2) is 7.92. The van der Waals surface area contributed by atoms with Crippen LogP contribution in [0.2, 0.25) is 0 Å². The first-order valence-corrected chi connectivity index (χ1v) is 6.35. The van der Waals surface area contributed by atoms with Crippen molar-refractivity contribution < 1.29 is 0 Å². The van der Waals surface area contributed by atoms with Crippen LogP contribution >= 0.6 is 0 Å². The van der Waals surface area contributed by atoms with Gasteiger partial charge in [0.15, 0.2) is 0 Å². The molecule has 0 amide bonds. The molecule has 0 aromatic rings. The second-order valence-corrected chi connectivity index (χ2v) is 5.57. The van der Waals surface area contributed by atoms with Gasteiger partial charge in [0.2, 0.25) is 0 Å². The van der Waals surface area contributed by atoms with Gasteiger partial charge in [0.05, 0.1) is 0 Å². The lowest BCUT2D eigenvalue weighted by atomic mass is 10.0. The van der Waals surface area contributed by atoms with Crippen molar-refractivity contribution in [2.24, 2.45) is 5.92 Å². The first-order chi connectivity index (χ1) is 6.95. The third kappa shape index (κ3) is 11.6. The van der Waals surface area contributed by atoms with E-state index in [1.165, 1.54) is 19.3 Å². The van der Waals surface area contributed by atoms with Gasteiger partial charge in [-0.2, -0.15) is 0 Å². The average Bonchev–Trinajstić information content (AvgIpc) is 2.09. The third-order valence-electron chi connectivity index (χ3n) is 2.45. The van der Waals surface area contributed by atoms with E-state index in [1.54, 1.807) is 0 Å². The molecule has 1 N–H and O–H groups in total. The van der Waals surface area contributed by atoms with Gasteiger partial charge in [-0.25, -0.2) is 0 Å². The molecule has 0 aliphatic carbocycles. The Morgan fingerprint density at radius 2 is 1.87 bits per heavy atom. The van der Waals surface area contributed by atoms with Crippen LogP contribution in [0.1, 0.15) is 60.3 Å². The molecule has 0 spiro atoms. The van der Waals surface area contributed by atoms with Crippen molar-refractivity contribution in [3.63, 3.8) is 0 Å². The Bertz CT molecular complexity index is 165. The zero-order valence-electron chi connectivity index (χ0n) is 11.3. The summed E-state index contributed by atoms with van der Waals surface area (Å²) < 4.78 is 0. The molecular weight excluding hydrogens is 182 g/mol. The predicted molar refractivity (Wildman–Crippen MR) is 70.2 cm³/mol. The zero-order valence-corrected chi connectivity index (χ0v) is 11.3. The van der Waals surface area contributed by atoms with Gasteiger partial charge < -0.3 is 5.32 Å². The van der Waals surface area contributed by atoms with Crippen molar-refractivity contribution in [2.75, 3.05) is 6.54 Å². The smallest absolute Gasteiger partial charge is 0.00966 e. The molecule has 0 radical (unpaired) electrons. The number of rotatable bonds is 7. The largest absolute Gasteiger partial charge is 0.312 e. The van der Waals surface area contributed by atoms with Crippen LogP contribution in [-0.4, -0.2) is 12.1 Å². The lowest BCUT2D eigenvalue weighted by Gasteiger charge is -2.19. The Balaban J connectivity index is 3.39. The molecule has 1 atom stereocenters. The van der Waals surface area contributed by atoms with Crippen LogP contribution in [0.3, 0.4) is 0 Å². The van der Waals surface area contributed by atoms with Crippen molar-refractivity contribution in [3.05, 3.63) is 12.2 Å². The molecule has 0 bridgehead atoms. The Labute approximate surface area is 96.3 Å². The third-order valence-corrected chi connectivity index (χ3v) is 2.45. The van der Waals surface area contributed by atoms with Gasteiger partial charge in [0, 0.05) is 5.54 Å². The van der Waals surface area contributed by atoms with Crippen molar-refractivity contribution in [3.8, 4) is 0 Å². The minimum Gasteiger partial charge on any atom is -0.312 e. The quantitative estimate of drug-likeness (QED) is 0.493. The minimum atomic E-state index is 0.253. The molecule has 0 fully saturated rings. The van der Waals surface area contributed by atoms with Gasteiger partial charge in [-0.3, -0.25) is 0 Å². The number of hydrogen-bond donors (Lipinski definition) is 1. The van der Waals surface area contributed by atoms with E-state index in [-0.39, 0.29) is 5.54 Å². The maximum absolute atomic E-state index is 3.48. The highest BCUT2D eigenvalue weighted by Crippen LogP contribution is 2.10. The predicted octanol–water partition coefficient (Wildman–Crippen LogP) is 4.15. The summed E-state index contributed by atoms with van der Waals surface area (Å²) >= 11 is 0. The fraction of sp³-hybridized carbons (Fsp3) is 0.857. The van der Waals surface area contributed by atoms with Crippen LogP contribution in [0.15, 0.2) is 12.2 Å². The molecule has 0 rings (SSSR count). The van der Waals surface area contributed by atoms with Crippen molar-refractivity contribution in [2.45, 2.75) is 65.8 Å². The summed E-state index contributed by atoms with van der Waals surface area (Å²) in [5, 5.41) is 3.48. The van der Waals surface area contributed by atoms with Gasteiger partial charge in [0.1, 0.15) is 0 Å². The Morgan fingerprint density at radius 3 is 2.40 bits per heavy atom. The monoisotopic (exact) mass is 211 g/mol.